The second-order valence-electron chi connectivity index (χ2n) is 4.65. The van der Waals surface area contributed by atoms with Crippen LogP contribution in [0.25, 0.3) is 0 Å². The number of amides is 1. The third-order valence-electron chi connectivity index (χ3n) is 3.29. The van der Waals surface area contributed by atoms with Gasteiger partial charge in [0.15, 0.2) is 0 Å². The molecule has 21 heavy (non-hydrogen) atoms. The fourth-order valence-electron chi connectivity index (χ4n) is 2.10. The highest BCUT2D eigenvalue weighted by Gasteiger charge is 2.32. The predicted molar refractivity (Wildman–Crippen MR) is 73.5 cm³/mol. The van der Waals surface area contributed by atoms with E-state index in [9.17, 15) is 18.0 Å². The van der Waals surface area contributed by atoms with Crippen LogP contribution in [0.4, 0.5) is 13.2 Å². The number of oxime groups is 1. The van der Waals surface area contributed by atoms with Gasteiger partial charge in [-0.15, -0.1) is 0 Å². The Morgan fingerprint density at radius 3 is 2.43 bits per heavy atom. The Hall–Kier alpha value is -1.57. The van der Waals surface area contributed by atoms with Crippen LogP contribution in [0, 0.1) is 0 Å². The minimum atomic E-state index is -4.49. The molecule has 4 nitrogen and oxygen atoms in total. The highest BCUT2D eigenvalue weighted by Crippen LogP contribution is 2.32. The van der Waals surface area contributed by atoms with Crippen LogP contribution in [-0.4, -0.2) is 34.8 Å². The number of carbonyl (C=O) groups is 1. The topological polar surface area (TPSA) is 52.9 Å². The number of halogens is 4. The lowest BCUT2D eigenvalue weighted by molar-refractivity contribution is -0.137. The average molecular weight is 365 g/mol. The number of hydrogen-bond donors (Lipinski definition) is 1. The fourth-order valence-corrected chi connectivity index (χ4v) is 2.52. The first-order chi connectivity index (χ1) is 9.82. The maximum absolute atomic E-state index is 12.7. The molecule has 1 aliphatic heterocycles. The number of rotatable bonds is 1. The monoisotopic (exact) mass is 364 g/mol. The second-order valence-corrected chi connectivity index (χ2v) is 5.51. The highest BCUT2D eigenvalue weighted by atomic mass is 79.9. The lowest BCUT2D eigenvalue weighted by atomic mass is 10.1. The van der Waals surface area contributed by atoms with Gasteiger partial charge in [-0.3, -0.25) is 4.79 Å². The van der Waals surface area contributed by atoms with Gasteiger partial charge in [-0.1, -0.05) is 5.16 Å². The summed E-state index contributed by atoms with van der Waals surface area (Å²) in [6.45, 7) is 0.641. The largest absolute Gasteiger partial charge is 0.416 e. The van der Waals surface area contributed by atoms with Gasteiger partial charge in [0.25, 0.3) is 5.91 Å². The zero-order valence-corrected chi connectivity index (χ0v) is 12.4. The number of alkyl halides is 3. The molecule has 1 N–H and O–H groups in total. The molecule has 0 atom stereocenters. The van der Waals surface area contributed by atoms with Crippen LogP contribution < -0.4 is 0 Å². The summed E-state index contributed by atoms with van der Waals surface area (Å²) in [4.78, 5) is 13.8. The molecule has 0 radical (unpaired) electrons. The summed E-state index contributed by atoms with van der Waals surface area (Å²) in [6, 6.07) is 3.00. The van der Waals surface area contributed by atoms with Gasteiger partial charge in [0.2, 0.25) is 0 Å². The standard InChI is InChI=1S/C13H12BrF3N2O2/c14-11-2-1-8(13(15,16)17)7-10(11)12(20)19-5-3-9(18-21)4-6-19/h1-2,7,21H,3-6H2. The minimum absolute atomic E-state index is 0.0192. The number of hydrogen-bond acceptors (Lipinski definition) is 3. The molecule has 1 aliphatic rings. The van der Waals surface area contributed by atoms with E-state index in [1.807, 2.05) is 0 Å². The molecule has 1 heterocycles. The van der Waals surface area contributed by atoms with Crippen molar-refractivity contribution in [3.8, 4) is 0 Å². The van der Waals surface area contributed by atoms with Crippen molar-refractivity contribution in [1.82, 2.24) is 4.90 Å². The van der Waals surface area contributed by atoms with Crippen molar-refractivity contribution in [2.24, 2.45) is 5.16 Å². The Labute approximate surface area is 127 Å². The average Bonchev–Trinajstić information content (AvgIpc) is 2.46. The quantitative estimate of drug-likeness (QED) is 0.612. The summed E-state index contributed by atoms with van der Waals surface area (Å²) in [5, 5.41) is 11.8. The lowest BCUT2D eigenvalue weighted by Crippen LogP contribution is -2.38. The molecule has 1 amide bonds. The molecule has 1 saturated heterocycles. The maximum Gasteiger partial charge on any atom is 0.416 e. The molecule has 0 spiro atoms. The third kappa shape index (κ3) is 3.55. The van der Waals surface area contributed by atoms with E-state index in [4.69, 9.17) is 5.21 Å². The van der Waals surface area contributed by atoms with Gasteiger partial charge in [-0.2, -0.15) is 13.2 Å². The summed E-state index contributed by atoms with van der Waals surface area (Å²) >= 11 is 3.11. The van der Waals surface area contributed by atoms with Gasteiger partial charge >= 0.3 is 6.18 Å². The highest BCUT2D eigenvalue weighted by molar-refractivity contribution is 9.10. The minimum Gasteiger partial charge on any atom is -0.411 e. The van der Waals surface area contributed by atoms with Crippen molar-refractivity contribution in [2.45, 2.75) is 19.0 Å². The van der Waals surface area contributed by atoms with Crippen LogP contribution >= 0.6 is 15.9 Å². The molecule has 1 aromatic rings. The first kappa shape index (κ1) is 15.8. The predicted octanol–water partition coefficient (Wildman–Crippen LogP) is 3.53. The van der Waals surface area contributed by atoms with Crippen LogP contribution in [0.3, 0.4) is 0 Å². The Morgan fingerprint density at radius 1 is 1.29 bits per heavy atom. The number of benzene rings is 1. The number of nitrogens with zero attached hydrogens (tertiary/aromatic N) is 2. The van der Waals surface area contributed by atoms with Gasteiger partial charge in [-0.25, -0.2) is 0 Å². The SMILES string of the molecule is O=C(c1cc(C(F)(F)F)ccc1Br)N1CCC(=NO)CC1. The van der Waals surface area contributed by atoms with Crippen LogP contribution in [0.5, 0.6) is 0 Å². The van der Waals surface area contributed by atoms with E-state index in [-0.39, 0.29) is 5.56 Å². The Morgan fingerprint density at radius 2 is 1.90 bits per heavy atom. The molecule has 1 aromatic carbocycles. The molecule has 0 bridgehead atoms. The smallest absolute Gasteiger partial charge is 0.411 e. The van der Waals surface area contributed by atoms with E-state index in [2.05, 4.69) is 21.1 Å². The van der Waals surface area contributed by atoms with Crippen molar-refractivity contribution in [2.75, 3.05) is 13.1 Å². The van der Waals surface area contributed by atoms with Crippen LogP contribution in [0.1, 0.15) is 28.8 Å². The molecule has 0 saturated carbocycles. The summed E-state index contributed by atoms with van der Waals surface area (Å²) < 4.78 is 38.5. The van der Waals surface area contributed by atoms with Crippen molar-refractivity contribution in [1.29, 1.82) is 0 Å². The number of carbonyl (C=O) groups excluding carboxylic acids is 1. The lowest BCUT2D eigenvalue weighted by Gasteiger charge is -2.27. The van der Waals surface area contributed by atoms with E-state index in [1.54, 1.807) is 0 Å². The van der Waals surface area contributed by atoms with E-state index in [0.717, 1.165) is 12.1 Å². The Balaban J connectivity index is 2.23. The molecule has 0 aromatic heterocycles. The molecule has 2 rings (SSSR count). The Bertz CT molecular complexity index is 577. The molecule has 0 unspecified atom stereocenters. The Kier molecular flexibility index (Phi) is 4.55. The van der Waals surface area contributed by atoms with Crippen LogP contribution in [0.15, 0.2) is 27.8 Å². The molecule has 0 aliphatic carbocycles. The molecule has 1 fully saturated rings. The van der Waals surface area contributed by atoms with E-state index in [0.29, 0.717) is 36.1 Å². The van der Waals surface area contributed by atoms with E-state index >= 15 is 0 Å². The summed E-state index contributed by atoms with van der Waals surface area (Å²) in [5.74, 6) is -0.468. The van der Waals surface area contributed by atoms with Gasteiger partial charge in [-0.05, 0) is 34.1 Å². The van der Waals surface area contributed by atoms with Gasteiger partial charge in [0.05, 0.1) is 16.8 Å². The van der Waals surface area contributed by atoms with Gasteiger partial charge in [0.1, 0.15) is 0 Å². The first-order valence-corrected chi connectivity index (χ1v) is 6.98. The zero-order chi connectivity index (χ0) is 15.6. The second kappa shape index (κ2) is 6.05. The summed E-state index contributed by atoms with van der Waals surface area (Å²) in [6.07, 6.45) is -3.66. The van der Waals surface area contributed by atoms with Crippen molar-refractivity contribution >= 4 is 27.5 Å². The first-order valence-electron chi connectivity index (χ1n) is 6.18. The van der Waals surface area contributed by atoms with E-state index < -0.39 is 17.6 Å². The number of likely N-dealkylation sites (tertiary alicyclic amines) is 1. The van der Waals surface area contributed by atoms with Crippen LogP contribution in [-0.2, 0) is 6.18 Å². The molecule has 8 heteroatoms. The summed E-state index contributed by atoms with van der Waals surface area (Å²) in [7, 11) is 0. The van der Waals surface area contributed by atoms with Gasteiger partial charge < -0.3 is 10.1 Å². The van der Waals surface area contributed by atoms with Gasteiger partial charge in [0, 0.05) is 30.4 Å². The number of piperidine rings is 1. The molecular weight excluding hydrogens is 353 g/mol. The van der Waals surface area contributed by atoms with E-state index in [1.165, 1.54) is 11.0 Å². The maximum atomic E-state index is 12.7. The van der Waals surface area contributed by atoms with Crippen molar-refractivity contribution in [3.63, 3.8) is 0 Å². The van der Waals surface area contributed by atoms with Crippen molar-refractivity contribution < 1.29 is 23.2 Å². The third-order valence-corrected chi connectivity index (χ3v) is 3.98. The molecular formula is C13H12BrF3N2O2. The summed E-state index contributed by atoms with van der Waals surface area (Å²) in [5.41, 5.74) is -0.292. The normalized spacial score (nSPS) is 16.0. The van der Waals surface area contributed by atoms with Crippen LogP contribution in [0.2, 0.25) is 0 Å². The fraction of sp³-hybridized carbons (Fsp3) is 0.385. The molecule has 114 valence electrons. The zero-order valence-electron chi connectivity index (χ0n) is 10.8. The van der Waals surface area contributed by atoms with Crippen molar-refractivity contribution in [3.05, 3.63) is 33.8 Å².